The van der Waals surface area contributed by atoms with Crippen LogP contribution in [0, 0.1) is 29.1 Å². The van der Waals surface area contributed by atoms with Gasteiger partial charge in [-0.1, -0.05) is 25.8 Å². The van der Waals surface area contributed by atoms with Gasteiger partial charge in [-0.25, -0.2) is 4.39 Å². The largest absolute Gasteiger partial charge is 0.207 e. The minimum atomic E-state index is -0.0812. The van der Waals surface area contributed by atoms with Crippen molar-refractivity contribution in [3.63, 3.8) is 0 Å². The van der Waals surface area contributed by atoms with Crippen LogP contribution in [-0.2, 0) is 0 Å². The first kappa shape index (κ1) is 13.7. The van der Waals surface area contributed by atoms with Crippen molar-refractivity contribution in [3.05, 3.63) is 24.1 Å². The Kier molecular flexibility index (Phi) is 4.22. The third kappa shape index (κ3) is 2.67. The minimum absolute atomic E-state index is 0.0812. The van der Waals surface area contributed by atoms with Crippen LogP contribution in [0.15, 0.2) is 24.1 Å². The molecular weight excluding hydrogens is 243 g/mol. The average Bonchev–Trinajstić information content (AvgIpc) is 2.32. The fourth-order valence-corrected chi connectivity index (χ4v) is 4.43. The van der Waals surface area contributed by atoms with E-state index >= 15 is 0 Å². The van der Waals surface area contributed by atoms with E-state index in [9.17, 15) is 4.39 Å². The Hall–Kier alpha value is -0.680. The summed E-state index contributed by atoms with van der Waals surface area (Å²) in [4.78, 5) is 0. The number of allylic oxidation sites excluding steroid dienone is 4. The highest BCUT2D eigenvalue weighted by atomic mass is 32.2. The van der Waals surface area contributed by atoms with Crippen LogP contribution in [0.4, 0.5) is 4.39 Å². The Balaban J connectivity index is 2.23. The Morgan fingerprint density at radius 2 is 2.33 bits per heavy atom. The summed E-state index contributed by atoms with van der Waals surface area (Å²) in [6.07, 6.45) is 7.61. The second-order valence-electron chi connectivity index (χ2n) is 5.43. The molecule has 1 fully saturated rings. The molecule has 2 rings (SSSR count). The Morgan fingerprint density at radius 1 is 1.56 bits per heavy atom. The standard InChI is InChI=1S/C16H21FS/c1-4-6-12-9-13-10-14(17)7-8-16(13,3)11-15(12)18-5-2/h7-8,10,12-13,15H,5,9,11H2,1-3H3/t12-,13?,15?,16?/m0/s1. The Morgan fingerprint density at radius 3 is 3.00 bits per heavy atom. The average molecular weight is 264 g/mol. The number of rotatable bonds is 2. The summed E-state index contributed by atoms with van der Waals surface area (Å²) in [5.74, 6) is 8.15. The first-order valence-electron chi connectivity index (χ1n) is 6.69. The van der Waals surface area contributed by atoms with Crippen molar-refractivity contribution in [1.82, 2.24) is 0 Å². The molecule has 1 saturated carbocycles. The first-order chi connectivity index (χ1) is 8.59. The van der Waals surface area contributed by atoms with E-state index in [0.29, 0.717) is 17.1 Å². The Labute approximate surface area is 114 Å². The number of hydrogen-bond donors (Lipinski definition) is 0. The molecule has 0 amide bonds. The fourth-order valence-electron chi connectivity index (χ4n) is 3.12. The lowest BCUT2D eigenvalue weighted by molar-refractivity contribution is 0.188. The monoisotopic (exact) mass is 264 g/mol. The van der Waals surface area contributed by atoms with Crippen LogP contribution in [0.2, 0.25) is 0 Å². The molecule has 0 spiro atoms. The van der Waals surface area contributed by atoms with Gasteiger partial charge in [0.15, 0.2) is 0 Å². The quantitative estimate of drug-likeness (QED) is 0.657. The molecule has 0 aromatic rings. The predicted octanol–water partition coefficient (Wildman–Crippen LogP) is 4.59. The molecule has 98 valence electrons. The summed E-state index contributed by atoms with van der Waals surface area (Å²) in [6.45, 7) is 6.36. The normalized spacial score (nSPS) is 38.4. The smallest absolute Gasteiger partial charge is 0.119 e. The van der Waals surface area contributed by atoms with Crippen molar-refractivity contribution >= 4 is 11.8 Å². The maximum Gasteiger partial charge on any atom is 0.119 e. The van der Waals surface area contributed by atoms with E-state index < -0.39 is 0 Å². The van der Waals surface area contributed by atoms with E-state index in [0.717, 1.165) is 18.6 Å². The zero-order valence-electron chi connectivity index (χ0n) is 11.4. The van der Waals surface area contributed by atoms with Gasteiger partial charge in [-0.3, -0.25) is 0 Å². The van der Waals surface area contributed by atoms with Gasteiger partial charge < -0.3 is 0 Å². The van der Waals surface area contributed by atoms with Crippen LogP contribution in [-0.4, -0.2) is 11.0 Å². The maximum atomic E-state index is 13.4. The van der Waals surface area contributed by atoms with Gasteiger partial charge in [0, 0.05) is 11.2 Å². The summed E-state index contributed by atoms with van der Waals surface area (Å²) in [5.41, 5.74) is 0.119. The van der Waals surface area contributed by atoms with E-state index in [1.165, 1.54) is 0 Å². The lowest BCUT2D eigenvalue weighted by Gasteiger charge is -2.45. The lowest BCUT2D eigenvalue weighted by Crippen LogP contribution is -2.39. The maximum absolute atomic E-state index is 13.4. The van der Waals surface area contributed by atoms with Crippen molar-refractivity contribution < 1.29 is 4.39 Å². The van der Waals surface area contributed by atoms with E-state index in [2.05, 4.69) is 31.8 Å². The Bertz CT molecular complexity index is 426. The fraction of sp³-hybridized carbons (Fsp3) is 0.625. The van der Waals surface area contributed by atoms with Gasteiger partial charge in [-0.2, -0.15) is 11.8 Å². The van der Waals surface area contributed by atoms with Crippen LogP contribution in [0.25, 0.3) is 0 Å². The minimum Gasteiger partial charge on any atom is -0.207 e. The van der Waals surface area contributed by atoms with Crippen LogP contribution < -0.4 is 0 Å². The lowest BCUT2D eigenvalue weighted by atomic mass is 9.62. The number of fused-ring (bicyclic) bond motifs is 1. The van der Waals surface area contributed by atoms with Gasteiger partial charge >= 0.3 is 0 Å². The summed E-state index contributed by atoms with van der Waals surface area (Å²) in [7, 11) is 0. The van der Waals surface area contributed by atoms with Gasteiger partial charge in [0.2, 0.25) is 0 Å². The van der Waals surface area contributed by atoms with E-state index in [4.69, 9.17) is 0 Å². The van der Waals surface area contributed by atoms with Crippen molar-refractivity contribution in [2.75, 3.05) is 5.75 Å². The molecular formula is C16H21FS. The molecule has 0 radical (unpaired) electrons. The molecule has 2 heteroatoms. The molecule has 0 aliphatic heterocycles. The summed E-state index contributed by atoms with van der Waals surface area (Å²) in [6, 6.07) is 0. The zero-order valence-corrected chi connectivity index (χ0v) is 12.2. The molecule has 2 aliphatic carbocycles. The third-order valence-electron chi connectivity index (χ3n) is 4.14. The van der Waals surface area contributed by atoms with E-state index in [1.807, 2.05) is 18.7 Å². The molecule has 0 nitrogen and oxygen atoms in total. The van der Waals surface area contributed by atoms with Crippen molar-refractivity contribution in [2.45, 2.75) is 38.9 Å². The molecule has 2 aliphatic rings. The van der Waals surface area contributed by atoms with Crippen molar-refractivity contribution in [3.8, 4) is 11.8 Å². The molecule has 0 N–H and O–H groups in total. The second-order valence-corrected chi connectivity index (χ2v) is 6.95. The van der Waals surface area contributed by atoms with Gasteiger partial charge in [-0.05, 0) is 49.0 Å². The molecule has 0 bridgehead atoms. The van der Waals surface area contributed by atoms with Gasteiger partial charge in [0.05, 0.1) is 0 Å². The molecule has 0 saturated heterocycles. The predicted molar refractivity (Wildman–Crippen MR) is 78.0 cm³/mol. The second kappa shape index (κ2) is 5.53. The topological polar surface area (TPSA) is 0 Å². The van der Waals surface area contributed by atoms with Crippen LogP contribution in [0.5, 0.6) is 0 Å². The highest BCUT2D eigenvalue weighted by Crippen LogP contribution is 2.50. The number of halogens is 1. The van der Waals surface area contributed by atoms with Crippen molar-refractivity contribution in [1.29, 1.82) is 0 Å². The summed E-state index contributed by atoms with van der Waals surface area (Å²) >= 11 is 2.00. The highest BCUT2D eigenvalue weighted by Gasteiger charge is 2.43. The summed E-state index contributed by atoms with van der Waals surface area (Å²) in [5, 5.41) is 0.586. The van der Waals surface area contributed by atoms with Crippen LogP contribution in [0.3, 0.4) is 0 Å². The SMILES string of the molecule is CC#C[C@H]1CC2C=C(F)C=CC2(C)CC1SCC. The summed E-state index contributed by atoms with van der Waals surface area (Å²) < 4.78 is 13.4. The molecule has 0 heterocycles. The van der Waals surface area contributed by atoms with Crippen LogP contribution in [0.1, 0.15) is 33.6 Å². The van der Waals surface area contributed by atoms with Crippen molar-refractivity contribution in [2.24, 2.45) is 17.3 Å². The molecule has 0 aromatic heterocycles. The first-order valence-corrected chi connectivity index (χ1v) is 7.74. The molecule has 3 unspecified atom stereocenters. The van der Waals surface area contributed by atoms with Gasteiger partial charge in [0.1, 0.15) is 5.83 Å². The van der Waals surface area contributed by atoms with Crippen LogP contribution >= 0.6 is 11.8 Å². The zero-order chi connectivity index (χ0) is 13.2. The van der Waals surface area contributed by atoms with E-state index in [1.54, 1.807) is 12.2 Å². The molecule has 4 atom stereocenters. The number of thioether (sulfide) groups is 1. The molecule has 0 aromatic carbocycles. The van der Waals surface area contributed by atoms with E-state index in [-0.39, 0.29) is 11.2 Å². The van der Waals surface area contributed by atoms with Gasteiger partial charge in [-0.15, -0.1) is 5.92 Å². The molecule has 18 heavy (non-hydrogen) atoms. The number of hydrogen-bond acceptors (Lipinski definition) is 1. The highest BCUT2D eigenvalue weighted by molar-refractivity contribution is 7.99. The third-order valence-corrected chi connectivity index (χ3v) is 5.40. The van der Waals surface area contributed by atoms with Gasteiger partial charge in [0.25, 0.3) is 0 Å².